The molecule has 0 aliphatic carbocycles. The molecular weight excluding hydrogens is 265 g/mol. The number of rotatable bonds is 6. The highest BCUT2D eigenvalue weighted by molar-refractivity contribution is 5.30. The highest BCUT2D eigenvalue weighted by Crippen LogP contribution is 2.18. The Kier molecular flexibility index (Phi) is 5.48. The minimum Gasteiger partial charge on any atom is -0.375 e. The summed E-state index contributed by atoms with van der Waals surface area (Å²) < 4.78 is 19.2. The topological polar surface area (TPSA) is 21.3 Å². The average Bonchev–Trinajstić information content (AvgIpc) is 2.44. The molecule has 2 rings (SSSR count). The van der Waals surface area contributed by atoms with Crippen LogP contribution in [0.1, 0.15) is 28.3 Å². The first-order valence-corrected chi connectivity index (χ1v) is 7.16. The highest BCUT2D eigenvalue weighted by atomic mass is 19.1. The maximum atomic E-state index is 13.5. The monoisotopic (exact) mass is 287 g/mol. The first kappa shape index (κ1) is 15.7. The van der Waals surface area contributed by atoms with Gasteiger partial charge >= 0.3 is 0 Å². The van der Waals surface area contributed by atoms with E-state index in [9.17, 15) is 4.39 Å². The normalized spacial score (nSPS) is 12.4. The lowest BCUT2D eigenvalue weighted by atomic mass is 10.0. The molecule has 112 valence electrons. The van der Waals surface area contributed by atoms with Gasteiger partial charge in [-0.1, -0.05) is 47.5 Å². The third-order valence-electron chi connectivity index (χ3n) is 3.49. The lowest BCUT2D eigenvalue weighted by molar-refractivity contribution is 0.0985. The molecule has 0 bridgehead atoms. The Morgan fingerprint density at radius 1 is 1.10 bits per heavy atom. The van der Waals surface area contributed by atoms with E-state index in [0.29, 0.717) is 12.2 Å². The Balaban J connectivity index is 1.98. The van der Waals surface area contributed by atoms with Crippen molar-refractivity contribution in [2.45, 2.75) is 26.5 Å². The molecule has 0 saturated heterocycles. The van der Waals surface area contributed by atoms with E-state index < -0.39 is 0 Å². The lowest BCUT2D eigenvalue weighted by Crippen LogP contribution is -2.22. The van der Waals surface area contributed by atoms with Crippen LogP contribution < -0.4 is 5.32 Å². The van der Waals surface area contributed by atoms with E-state index in [1.54, 1.807) is 12.1 Å². The zero-order valence-electron chi connectivity index (χ0n) is 12.8. The van der Waals surface area contributed by atoms with Crippen LogP contribution in [0.15, 0.2) is 42.5 Å². The predicted molar refractivity (Wildman–Crippen MR) is 83.8 cm³/mol. The number of benzene rings is 2. The molecule has 0 heterocycles. The van der Waals surface area contributed by atoms with Gasteiger partial charge in [-0.05, 0) is 32.5 Å². The van der Waals surface area contributed by atoms with E-state index >= 15 is 0 Å². The van der Waals surface area contributed by atoms with Crippen LogP contribution in [-0.4, -0.2) is 13.7 Å². The van der Waals surface area contributed by atoms with Gasteiger partial charge in [0.25, 0.3) is 0 Å². The average molecular weight is 287 g/mol. The smallest absolute Gasteiger partial charge is 0.128 e. The van der Waals surface area contributed by atoms with Crippen LogP contribution in [0.25, 0.3) is 0 Å². The molecule has 0 radical (unpaired) electrons. The molecule has 21 heavy (non-hydrogen) atoms. The molecule has 3 heteroatoms. The Bertz CT molecular complexity index is 577. The van der Waals surface area contributed by atoms with Gasteiger partial charge in [-0.3, -0.25) is 0 Å². The van der Waals surface area contributed by atoms with Gasteiger partial charge in [0.2, 0.25) is 0 Å². The van der Waals surface area contributed by atoms with Gasteiger partial charge in [-0.2, -0.15) is 0 Å². The SMILES string of the molecule is CNC(COCc1ccccc1F)c1cc(C)cc(C)c1. The summed E-state index contributed by atoms with van der Waals surface area (Å²) in [4.78, 5) is 0. The van der Waals surface area contributed by atoms with Crippen LogP contribution in [0.4, 0.5) is 4.39 Å². The number of nitrogens with one attached hydrogen (secondary N) is 1. The van der Waals surface area contributed by atoms with Gasteiger partial charge < -0.3 is 10.1 Å². The standard InChI is InChI=1S/C18H22FNO/c1-13-8-14(2)10-16(9-13)18(20-3)12-21-11-15-6-4-5-7-17(15)19/h4-10,18,20H,11-12H2,1-3H3. The van der Waals surface area contributed by atoms with Crippen molar-refractivity contribution < 1.29 is 9.13 Å². The summed E-state index contributed by atoms with van der Waals surface area (Å²) in [5.74, 6) is -0.218. The Morgan fingerprint density at radius 3 is 2.38 bits per heavy atom. The summed E-state index contributed by atoms with van der Waals surface area (Å²) in [6, 6.07) is 13.3. The fourth-order valence-corrected chi connectivity index (χ4v) is 2.46. The van der Waals surface area contributed by atoms with E-state index in [4.69, 9.17) is 4.74 Å². The maximum absolute atomic E-state index is 13.5. The molecule has 0 aliphatic heterocycles. The van der Waals surface area contributed by atoms with Gasteiger partial charge in [0.15, 0.2) is 0 Å². The summed E-state index contributed by atoms with van der Waals surface area (Å²) in [5.41, 5.74) is 4.26. The summed E-state index contributed by atoms with van der Waals surface area (Å²) in [6.45, 7) is 4.97. The second kappa shape index (κ2) is 7.34. The first-order valence-electron chi connectivity index (χ1n) is 7.16. The van der Waals surface area contributed by atoms with Crippen LogP contribution in [0.5, 0.6) is 0 Å². The molecular formula is C18H22FNO. The molecule has 1 unspecified atom stereocenters. The molecule has 0 saturated carbocycles. The van der Waals surface area contributed by atoms with Crippen molar-refractivity contribution >= 4 is 0 Å². The van der Waals surface area contributed by atoms with Crippen LogP contribution in [-0.2, 0) is 11.3 Å². The molecule has 0 aromatic heterocycles. The van der Waals surface area contributed by atoms with Gasteiger partial charge in [0.05, 0.1) is 19.3 Å². The quantitative estimate of drug-likeness (QED) is 0.869. The number of hydrogen-bond donors (Lipinski definition) is 1. The summed E-state index contributed by atoms with van der Waals surface area (Å²) in [7, 11) is 1.91. The van der Waals surface area contributed by atoms with E-state index in [0.717, 1.165) is 0 Å². The molecule has 0 fully saturated rings. The van der Waals surface area contributed by atoms with Gasteiger partial charge in [0, 0.05) is 5.56 Å². The van der Waals surface area contributed by atoms with Crippen molar-refractivity contribution in [1.29, 1.82) is 0 Å². The zero-order chi connectivity index (χ0) is 15.2. The lowest BCUT2D eigenvalue weighted by Gasteiger charge is -2.18. The second-order valence-electron chi connectivity index (χ2n) is 5.37. The first-order chi connectivity index (χ1) is 10.1. The van der Waals surface area contributed by atoms with Crippen LogP contribution in [0.2, 0.25) is 0 Å². The van der Waals surface area contributed by atoms with Gasteiger partial charge in [-0.15, -0.1) is 0 Å². The number of likely N-dealkylation sites (N-methyl/N-ethyl adjacent to an activating group) is 1. The molecule has 1 N–H and O–H groups in total. The Morgan fingerprint density at radius 2 is 1.76 bits per heavy atom. The van der Waals surface area contributed by atoms with E-state index in [1.807, 2.05) is 13.1 Å². The van der Waals surface area contributed by atoms with Crippen molar-refractivity contribution in [1.82, 2.24) is 5.32 Å². The minimum atomic E-state index is -0.218. The Hall–Kier alpha value is -1.71. The fourth-order valence-electron chi connectivity index (χ4n) is 2.46. The molecule has 1 atom stereocenters. The predicted octanol–water partition coefficient (Wildman–Crippen LogP) is 3.92. The van der Waals surface area contributed by atoms with Crippen LogP contribution in [0, 0.1) is 19.7 Å². The number of ether oxygens (including phenoxy) is 1. The summed E-state index contributed by atoms with van der Waals surface area (Å²) in [6.07, 6.45) is 0. The third kappa shape index (κ3) is 4.38. The van der Waals surface area contributed by atoms with Crippen molar-refractivity contribution in [2.75, 3.05) is 13.7 Å². The van der Waals surface area contributed by atoms with Crippen LogP contribution in [0.3, 0.4) is 0 Å². The summed E-state index contributed by atoms with van der Waals surface area (Å²) >= 11 is 0. The second-order valence-corrected chi connectivity index (χ2v) is 5.37. The molecule has 2 aromatic rings. The van der Waals surface area contributed by atoms with Crippen molar-refractivity contribution in [3.8, 4) is 0 Å². The molecule has 2 nitrogen and oxygen atoms in total. The van der Waals surface area contributed by atoms with E-state index in [2.05, 4.69) is 37.4 Å². The zero-order valence-corrected chi connectivity index (χ0v) is 12.8. The summed E-state index contributed by atoms with van der Waals surface area (Å²) in [5, 5.41) is 3.25. The van der Waals surface area contributed by atoms with Crippen molar-refractivity contribution in [2.24, 2.45) is 0 Å². The number of halogens is 1. The Labute approximate surface area is 126 Å². The largest absolute Gasteiger partial charge is 0.375 e. The molecule has 0 aliphatic rings. The van der Waals surface area contributed by atoms with E-state index in [1.165, 1.54) is 22.8 Å². The third-order valence-corrected chi connectivity index (χ3v) is 3.49. The number of hydrogen-bond acceptors (Lipinski definition) is 2. The molecule has 2 aromatic carbocycles. The maximum Gasteiger partial charge on any atom is 0.128 e. The van der Waals surface area contributed by atoms with Crippen molar-refractivity contribution in [3.05, 3.63) is 70.5 Å². The number of aryl methyl sites for hydroxylation is 2. The molecule has 0 amide bonds. The van der Waals surface area contributed by atoms with Crippen LogP contribution >= 0.6 is 0 Å². The van der Waals surface area contributed by atoms with Crippen molar-refractivity contribution in [3.63, 3.8) is 0 Å². The van der Waals surface area contributed by atoms with Gasteiger partial charge in [0.1, 0.15) is 5.82 Å². The highest BCUT2D eigenvalue weighted by Gasteiger charge is 2.11. The fraction of sp³-hybridized carbons (Fsp3) is 0.333. The van der Waals surface area contributed by atoms with E-state index in [-0.39, 0.29) is 18.5 Å². The molecule has 0 spiro atoms. The van der Waals surface area contributed by atoms with Gasteiger partial charge in [-0.25, -0.2) is 4.39 Å². The minimum absolute atomic E-state index is 0.107.